The molecule has 0 aliphatic carbocycles. The molecule has 0 amide bonds. The van der Waals surface area contributed by atoms with Crippen LogP contribution in [0.4, 0.5) is 0 Å². The first-order valence-electron chi connectivity index (χ1n) is 21.2. The zero-order chi connectivity index (χ0) is 41.3. The minimum atomic E-state index is -4.61. The summed E-state index contributed by atoms with van der Waals surface area (Å²) in [6.07, 6.45) is 29.0. The number of carbonyl (C=O) groups is 2. The Bertz CT molecular complexity index is 1230. The van der Waals surface area contributed by atoms with E-state index >= 15 is 0 Å². The van der Waals surface area contributed by atoms with E-state index in [4.69, 9.17) is 18.9 Å². The molecule has 0 spiro atoms. The maximum Gasteiger partial charge on any atom is 0.306 e. The van der Waals surface area contributed by atoms with Crippen molar-refractivity contribution in [2.24, 2.45) is 0 Å². The van der Waals surface area contributed by atoms with Gasteiger partial charge in [-0.25, -0.2) is 0 Å². The van der Waals surface area contributed by atoms with Gasteiger partial charge in [0.25, 0.3) is 10.1 Å². The Hall–Kier alpha value is -2.39. The van der Waals surface area contributed by atoms with Gasteiger partial charge in [-0.15, -0.1) is 0 Å². The highest BCUT2D eigenvalue weighted by atomic mass is 32.2. The quantitative estimate of drug-likeness (QED) is 0.0213. The molecule has 1 heterocycles. The molecule has 1 fully saturated rings. The largest absolute Gasteiger partial charge is 0.462 e. The van der Waals surface area contributed by atoms with Gasteiger partial charge >= 0.3 is 11.9 Å². The van der Waals surface area contributed by atoms with E-state index in [-0.39, 0.29) is 19.4 Å². The van der Waals surface area contributed by atoms with Gasteiger partial charge in [0.15, 0.2) is 12.4 Å². The predicted octanol–water partition coefficient (Wildman–Crippen LogP) is 8.00. The van der Waals surface area contributed by atoms with E-state index in [1.165, 1.54) is 70.6 Å². The van der Waals surface area contributed by atoms with Gasteiger partial charge in [-0.1, -0.05) is 152 Å². The van der Waals surface area contributed by atoms with E-state index in [9.17, 15) is 37.9 Å². The van der Waals surface area contributed by atoms with Crippen LogP contribution in [-0.2, 0) is 38.7 Å². The molecule has 4 N–H and O–H groups in total. The van der Waals surface area contributed by atoms with Crippen LogP contribution < -0.4 is 0 Å². The molecular weight excluding hydrogens is 741 g/mol. The molecule has 12 nitrogen and oxygen atoms in total. The third-order valence-corrected chi connectivity index (χ3v) is 10.2. The molecule has 0 aromatic heterocycles. The van der Waals surface area contributed by atoms with Crippen molar-refractivity contribution in [1.82, 2.24) is 0 Å². The van der Waals surface area contributed by atoms with Crippen LogP contribution in [0.1, 0.15) is 155 Å². The summed E-state index contributed by atoms with van der Waals surface area (Å²) >= 11 is 0. The van der Waals surface area contributed by atoms with Gasteiger partial charge < -0.3 is 34.3 Å². The third kappa shape index (κ3) is 28.1. The van der Waals surface area contributed by atoms with E-state index in [0.29, 0.717) is 19.3 Å². The minimum absolute atomic E-state index is 0.0433. The van der Waals surface area contributed by atoms with Gasteiger partial charge in [-0.05, 0) is 38.5 Å². The summed E-state index contributed by atoms with van der Waals surface area (Å²) in [5.41, 5.74) is 0. The number of esters is 2. The molecule has 6 unspecified atom stereocenters. The van der Waals surface area contributed by atoms with Gasteiger partial charge in [-0.3, -0.25) is 14.1 Å². The second kappa shape index (κ2) is 33.6. The Morgan fingerprint density at radius 3 is 1.64 bits per heavy atom. The average molecular weight is 815 g/mol. The molecule has 0 aromatic rings. The molecule has 56 heavy (non-hydrogen) atoms. The number of hydrogen-bond acceptors (Lipinski definition) is 11. The molecule has 0 bridgehead atoms. The number of unbranched alkanes of at least 4 members (excludes halogenated alkanes) is 14. The highest BCUT2D eigenvalue weighted by molar-refractivity contribution is 7.85. The highest BCUT2D eigenvalue weighted by Gasteiger charge is 2.46. The van der Waals surface area contributed by atoms with Crippen molar-refractivity contribution in [2.45, 2.75) is 192 Å². The summed E-state index contributed by atoms with van der Waals surface area (Å²) in [6, 6.07) is 0. The molecule has 1 aliphatic heterocycles. The first-order chi connectivity index (χ1) is 27.0. The second-order valence-electron chi connectivity index (χ2n) is 14.6. The zero-order valence-corrected chi connectivity index (χ0v) is 35.0. The summed E-state index contributed by atoms with van der Waals surface area (Å²) in [5.74, 6) is -2.09. The average Bonchev–Trinajstić information content (AvgIpc) is 3.16. The second-order valence-corrected chi connectivity index (χ2v) is 16.1. The lowest BCUT2D eigenvalue weighted by Gasteiger charge is -2.40. The van der Waals surface area contributed by atoms with E-state index in [0.717, 1.165) is 38.5 Å². The molecule has 1 aliphatic rings. The summed E-state index contributed by atoms with van der Waals surface area (Å²) in [7, 11) is -4.61. The molecule has 0 saturated carbocycles. The number of aliphatic hydroxyl groups excluding tert-OH is 3. The zero-order valence-electron chi connectivity index (χ0n) is 34.2. The number of rotatable bonds is 34. The fraction of sp³-hybridized carbons (Fsp3) is 0.767. The summed E-state index contributed by atoms with van der Waals surface area (Å²) in [5, 5.41) is 30.8. The van der Waals surface area contributed by atoms with Crippen molar-refractivity contribution in [3.63, 3.8) is 0 Å². The van der Waals surface area contributed by atoms with Crippen LogP contribution in [0.5, 0.6) is 0 Å². The Kier molecular flexibility index (Phi) is 30.9. The first kappa shape index (κ1) is 51.6. The molecule has 6 atom stereocenters. The lowest BCUT2D eigenvalue weighted by molar-refractivity contribution is -0.297. The van der Waals surface area contributed by atoms with Gasteiger partial charge in [0.1, 0.15) is 36.8 Å². The van der Waals surface area contributed by atoms with Gasteiger partial charge in [0.2, 0.25) is 0 Å². The van der Waals surface area contributed by atoms with Gasteiger partial charge in [0.05, 0.1) is 6.61 Å². The van der Waals surface area contributed by atoms with Crippen molar-refractivity contribution in [1.29, 1.82) is 0 Å². The molecular formula is C43H74O12S. The molecule has 1 rings (SSSR count). The monoisotopic (exact) mass is 814 g/mol. The first-order valence-corrected chi connectivity index (χ1v) is 22.8. The number of allylic oxidation sites excluding steroid dienone is 8. The Labute approximate surface area is 337 Å². The predicted molar refractivity (Wildman–Crippen MR) is 219 cm³/mol. The van der Waals surface area contributed by atoms with Gasteiger partial charge in [0, 0.05) is 12.8 Å². The number of hydrogen-bond donors (Lipinski definition) is 4. The SMILES string of the molecule is CC/C=C\C/C=C\C/C=C\C/C=C\CCC(=O)OC(COC(=O)CCCCCCCCCCCCCCCCC)COC1OC(CS(=O)(=O)O)C(O)C(O)C1O. The van der Waals surface area contributed by atoms with Crippen LogP contribution in [-0.4, -0.2) is 96.0 Å². The Morgan fingerprint density at radius 2 is 1.12 bits per heavy atom. The topological polar surface area (TPSA) is 186 Å². The number of carbonyl (C=O) groups excluding carboxylic acids is 2. The third-order valence-electron chi connectivity index (χ3n) is 9.44. The lowest BCUT2D eigenvalue weighted by atomic mass is 10.00. The van der Waals surface area contributed by atoms with E-state index < -0.39 is 71.2 Å². The lowest BCUT2D eigenvalue weighted by Crippen LogP contribution is -2.60. The van der Waals surface area contributed by atoms with Crippen molar-refractivity contribution < 1.29 is 56.8 Å². The van der Waals surface area contributed by atoms with E-state index in [1.54, 1.807) is 0 Å². The molecule has 324 valence electrons. The van der Waals surface area contributed by atoms with Crippen LogP contribution >= 0.6 is 0 Å². The van der Waals surface area contributed by atoms with E-state index in [2.05, 4.69) is 44.2 Å². The molecule has 1 saturated heterocycles. The van der Waals surface area contributed by atoms with Crippen LogP contribution in [0.15, 0.2) is 48.6 Å². The fourth-order valence-electron chi connectivity index (χ4n) is 6.16. The van der Waals surface area contributed by atoms with Crippen LogP contribution in [0.25, 0.3) is 0 Å². The molecule has 13 heteroatoms. The highest BCUT2D eigenvalue weighted by Crippen LogP contribution is 2.24. The number of aliphatic hydroxyl groups is 3. The standard InChI is InChI=1S/C43H74O12S/c1-3-5-7-9-11-13-15-17-18-20-21-23-25-27-29-31-38(44)52-33-36(34-53-43-42(48)41(47)40(46)37(55-43)35-56(49,50)51)54-39(45)32-30-28-26-24-22-19-16-14-12-10-8-6-4-2/h6,8,12,14,19,22,26,28,36-37,40-43,46-48H,3-5,7,9-11,13,15-18,20-21,23-25,27,29-35H2,1-2H3,(H,49,50,51)/b8-6-,14-12-,22-19-,28-26-. The minimum Gasteiger partial charge on any atom is -0.462 e. The van der Waals surface area contributed by atoms with E-state index in [1.807, 2.05) is 18.2 Å². The summed E-state index contributed by atoms with van der Waals surface area (Å²) < 4.78 is 53.8. The van der Waals surface area contributed by atoms with Crippen LogP contribution in [0.3, 0.4) is 0 Å². The van der Waals surface area contributed by atoms with Crippen molar-refractivity contribution in [3.05, 3.63) is 48.6 Å². The normalized spacial score (nSPS) is 21.1. The smallest absolute Gasteiger partial charge is 0.306 e. The summed E-state index contributed by atoms with van der Waals surface area (Å²) in [6.45, 7) is 3.57. The Morgan fingerprint density at radius 1 is 0.625 bits per heavy atom. The van der Waals surface area contributed by atoms with Crippen molar-refractivity contribution in [2.75, 3.05) is 19.0 Å². The number of ether oxygens (including phenoxy) is 4. The summed E-state index contributed by atoms with van der Waals surface area (Å²) in [4.78, 5) is 25.3. The fourth-order valence-corrected chi connectivity index (χ4v) is 6.85. The van der Waals surface area contributed by atoms with Crippen molar-refractivity contribution in [3.8, 4) is 0 Å². The van der Waals surface area contributed by atoms with Gasteiger partial charge in [-0.2, -0.15) is 8.42 Å². The van der Waals surface area contributed by atoms with Crippen LogP contribution in [0.2, 0.25) is 0 Å². The Balaban J connectivity index is 2.52. The molecule has 0 aromatic carbocycles. The maximum absolute atomic E-state index is 12.7. The maximum atomic E-state index is 12.7. The van der Waals surface area contributed by atoms with Crippen molar-refractivity contribution >= 4 is 22.1 Å². The van der Waals surface area contributed by atoms with Crippen LogP contribution in [0, 0.1) is 0 Å². The molecule has 0 radical (unpaired) electrons.